The van der Waals surface area contributed by atoms with Gasteiger partial charge in [0.15, 0.2) is 0 Å². The lowest BCUT2D eigenvalue weighted by molar-refractivity contribution is 0.0758. The van der Waals surface area contributed by atoms with Gasteiger partial charge in [-0.25, -0.2) is 0 Å². The van der Waals surface area contributed by atoms with Crippen molar-refractivity contribution in [2.75, 3.05) is 31.1 Å². The van der Waals surface area contributed by atoms with Crippen molar-refractivity contribution in [3.63, 3.8) is 0 Å². The number of nitrogens with zero attached hydrogens (tertiary/aromatic N) is 1. The first-order valence-electron chi connectivity index (χ1n) is 7.03. The summed E-state index contributed by atoms with van der Waals surface area (Å²) < 4.78 is 0. The van der Waals surface area contributed by atoms with E-state index >= 15 is 0 Å². The fourth-order valence-corrected chi connectivity index (χ4v) is 4.04. The highest BCUT2D eigenvalue weighted by molar-refractivity contribution is 7.99. The van der Waals surface area contributed by atoms with Gasteiger partial charge in [-0.05, 0) is 30.4 Å². The maximum Gasteiger partial charge on any atom is 0.0422 e. The standard InChI is InChI=1S/C14H30N2S/c1-12(2)8-16(9-13(3)4)14(10-15)6-5-7-17-11-14/h12-13H,5-11,15H2,1-4H3. The highest BCUT2D eigenvalue weighted by atomic mass is 32.2. The summed E-state index contributed by atoms with van der Waals surface area (Å²) in [6, 6.07) is 0. The van der Waals surface area contributed by atoms with Crippen molar-refractivity contribution in [3.8, 4) is 0 Å². The molecule has 0 saturated carbocycles. The third kappa shape index (κ3) is 4.46. The van der Waals surface area contributed by atoms with Gasteiger partial charge < -0.3 is 5.73 Å². The smallest absolute Gasteiger partial charge is 0.0422 e. The number of nitrogens with two attached hydrogens (primary N) is 1. The number of hydrogen-bond acceptors (Lipinski definition) is 3. The Labute approximate surface area is 112 Å². The van der Waals surface area contributed by atoms with E-state index in [1.54, 1.807) is 0 Å². The molecule has 1 atom stereocenters. The predicted octanol–water partition coefficient (Wildman–Crippen LogP) is 2.82. The lowest BCUT2D eigenvalue weighted by atomic mass is 9.91. The minimum Gasteiger partial charge on any atom is -0.329 e. The number of rotatable bonds is 6. The summed E-state index contributed by atoms with van der Waals surface area (Å²) in [4.78, 5) is 2.69. The summed E-state index contributed by atoms with van der Waals surface area (Å²) in [5.74, 6) is 4.00. The SMILES string of the molecule is CC(C)CN(CC(C)C)C1(CN)CCCSC1. The van der Waals surface area contributed by atoms with Crippen LogP contribution in [-0.2, 0) is 0 Å². The molecule has 0 aromatic heterocycles. The minimum absolute atomic E-state index is 0.275. The molecule has 2 nitrogen and oxygen atoms in total. The van der Waals surface area contributed by atoms with E-state index in [0.29, 0.717) is 0 Å². The monoisotopic (exact) mass is 258 g/mol. The molecule has 1 aliphatic rings. The van der Waals surface area contributed by atoms with Crippen LogP contribution in [0.3, 0.4) is 0 Å². The molecule has 0 bridgehead atoms. The van der Waals surface area contributed by atoms with Crippen molar-refractivity contribution in [3.05, 3.63) is 0 Å². The maximum atomic E-state index is 6.14. The molecular weight excluding hydrogens is 228 g/mol. The van der Waals surface area contributed by atoms with Gasteiger partial charge in [-0.3, -0.25) is 4.90 Å². The molecule has 102 valence electrons. The zero-order valence-electron chi connectivity index (χ0n) is 12.0. The van der Waals surface area contributed by atoms with Crippen molar-refractivity contribution < 1.29 is 0 Å². The Morgan fingerprint density at radius 2 is 1.76 bits per heavy atom. The quantitative estimate of drug-likeness (QED) is 0.794. The molecule has 1 unspecified atom stereocenters. The molecule has 0 aromatic rings. The molecule has 0 radical (unpaired) electrons. The summed E-state index contributed by atoms with van der Waals surface area (Å²) in [6.45, 7) is 12.5. The Morgan fingerprint density at radius 1 is 1.18 bits per heavy atom. The lowest BCUT2D eigenvalue weighted by Gasteiger charge is -2.47. The molecule has 0 aliphatic carbocycles. The molecule has 2 N–H and O–H groups in total. The Kier molecular flexibility index (Phi) is 6.32. The maximum absolute atomic E-state index is 6.14. The fraction of sp³-hybridized carbons (Fsp3) is 1.00. The molecule has 1 heterocycles. The highest BCUT2D eigenvalue weighted by Crippen LogP contribution is 2.32. The van der Waals surface area contributed by atoms with Crippen LogP contribution in [0.5, 0.6) is 0 Å². The summed E-state index contributed by atoms with van der Waals surface area (Å²) in [7, 11) is 0. The predicted molar refractivity (Wildman–Crippen MR) is 79.6 cm³/mol. The Hall–Kier alpha value is 0.270. The normalized spacial score (nSPS) is 26.1. The van der Waals surface area contributed by atoms with Crippen molar-refractivity contribution in [2.45, 2.75) is 46.1 Å². The molecule has 17 heavy (non-hydrogen) atoms. The fourth-order valence-electron chi connectivity index (χ4n) is 2.72. The first-order valence-corrected chi connectivity index (χ1v) is 8.18. The van der Waals surface area contributed by atoms with Gasteiger partial charge in [-0.15, -0.1) is 0 Å². The average Bonchev–Trinajstić information content (AvgIpc) is 2.28. The van der Waals surface area contributed by atoms with Crippen LogP contribution in [0.25, 0.3) is 0 Å². The Bertz CT molecular complexity index is 200. The van der Waals surface area contributed by atoms with E-state index in [9.17, 15) is 0 Å². The number of thioether (sulfide) groups is 1. The number of hydrogen-bond donors (Lipinski definition) is 1. The van der Waals surface area contributed by atoms with Gasteiger partial charge in [-0.1, -0.05) is 27.7 Å². The van der Waals surface area contributed by atoms with E-state index in [2.05, 4.69) is 44.4 Å². The van der Waals surface area contributed by atoms with Crippen molar-refractivity contribution in [1.82, 2.24) is 4.90 Å². The van der Waals surface area contributed by atoms with Gasteiger partial charge in [0.2, 0.25) is 0 Å². The largest absolute Gasteiger partial charge is 0.329 e. The average molecular weight is 258 g/mol. The van der Waals surface area contributed by atoms with Crippen molar-refractivity contribution >= 4 is 11.8 Å². The molecular formula is C14H30N2S. The van der Waals surface area contributed by atoms with Crippen LogP contribution in [0.4, 0.5) is 0 Å². The van der Waals surface area contributed by atoms with E-state index < -0.39 is 0 Å². The van der Waals surface area contributed by atoms with Crippen LogP contribution >= 0.6 is 11.8 Å². The Morgan fingerprint density at radius 3 is 2.12 bits per heavy atom. The van der Waals surface area contributed by atoms with Crippen molar-refractivity contribution in [2.24, 2.45) is 17.6 Å². The van der Waals surface area contributed by atoms with E-state index in [0.717, 1.165) is 18.4 Å². The second-order valence-corrected chi connectivity index (χ2v) is 7.38. The van der Waals surface area contributed by atoms with E-state index in [1.807, 2.05) is 0 Å². The lowest BCUT2D eigenvalue weighted by Crippen LogP contribution is -2.59. The summed E-state index contributed by atoms with van der Waals surface area (Å²) in [5.41, 5.74) is 6.41. The van der Waals surface area contributed by atoms with Crippen LogP contribution < -0.4 is 5.73 Å². The van der Waals surface area contributed by atoms with E-state index in [4.69, 9.17) is 5.73 Å². The molecule has 1 aliphatic heterocycles. The summed E-state index contributed by atoms with van der Waals surface area (Å²) in [5, 5.41) is 0. The third-order valence-electron chi connectivity index (χ3n) is 3.52. The van der Waals surface area contributed by atoms with E-state index in [-0.39, 0.29) is 5.54 Å². The van der Waals surface area contributed by atoms with Gasteiger partial charge in [0.25, 0.3) is 0 Å². The highest BCUT2D eigenvalue weighted by Gasteiger charge is 2.37. The molecule has 1 fully saturated rings. The zero-order chi connectivity index (χ0) is 12.9. The van der Waals surface area contributed by atoms with Gasteiger partial charge in [0.1, 0.15) is 0 Å². The first kappa shape index (κ1) is 15.3. The van der Waals surface area contributed by atoms with Gasteiger partial charge >= 0.3 is 0 Å². The van der Waals surface area contributed by atoms with Crippen LogP contribution in [0.1, 0.15) is 40.5 Å². The van der Waals surface area contributed by atoms with Crippen LogP contribution in [-0.4, -0.2) is 41.6 Å². The van der Waals surface area contributed by atoms with Crippen LogP contribution in [0.15, 0.2) is 0 Å². The molecule has 1 rings (SSSR count). The molecule has 1 saturated heterocycles. The topological polar surface area (TPSA) is 29.3 Å². The summed E-state index contributed by atoms with van der Waals surface area (Å²) in [6.07, 6.45) is 2.62. The second kappa shape index (κ2) is 7.01. The molecule has 3 heteroatoms. The summed E-state index contributed by atoms with van der Waals surface area (Å²) >= 11 is 2.09. The van der Waals surface area contributed by atoms with Gasteiger partial charge in [0.05, 0.1) is 0 Å². The second-order valence-electron chi connectivity index (χ2n) is 6.28. The molecule has 0 amide bonds. The third-order valence-corrected chi connectivity index (χ3v) is 4.84. The zero-order valence-corrected chi connectivity index (χ0v) is 12.9. The van der Waals surface area contributed by atoms with Gasteiger partial charge in [0, 0.05) is 30.9 Å². The van der Waals surface area contributed by atoms with Gasteiger partial charge in [-0.2, -0.15) is 11.8 Å². The molecule has 0 spiro atoms. The van der Waals surface area contributed by atoms with Crippen LogP contribution in [0, 0.1) is 11.8 Å². The minimum atomic E-state index is 0.275. The molecule has 0 aromatic carbocycles. The first-order chi connectivity index (χ1) is 8.00. The van der Waals surface area contributed by atoms with Crippen molar-refractivity contribution in [1.29, 1.82) is 0 Å². The Balaban J connectivity index is 2.75. The van der Waals surface area contributed by atoms with Crippen LogP contribution in [0.2, 0.25) is 0 Å². The van der Waals surface area contributed by atoms with E-state index in [1.165, 1.54) is 37.4 Å².